The van der Waals surface area contributed by atoms with Crippen LogP contribution >= 0.6 is 11.3 Å². The van der Waals surface area contributed by atoms with Crippen molar-refractivity contribution in [3.05, 3.63) is 40.4 Å². The normalized spacial score (nSPS) is 18.6. The number of carbonyl (C=O) groups is 2. The summed E-state index contributed by atoms with van der Waals surface area (Å²) in [6.45, 7) is 5.93. The maximum Gasteiger partial charge on any atom is 0.512 e. The van der Waals surface area contributed by atoms with Gasteiger partial charge < -0.3 is 14.7 Å². The van der Waals surface area contributed by atoms with Gasteiger partial charge in [-0.25, -0.2) is 4.79 Å². The fourth-order valence-electron chi connectivity index (χ4n) is 3.96. The number of non-ortho nitro benzene ring substituents is 1. The number of nitro benzene ring substituents is 1. The van der Waals surface area contributed by atoms with Crippen molar-refractivity contribution >= 4 is 34.8 Å². The molecule has 9 heteroatoms. The SMILES string of the molecule is CC1CCC(C(=O)N(c2cc(-c3cccc([N+](=O)[O-])c3)sc2OC(=O)O)C(C)C)CC1. The highest BCUT2D eigenvalue weighted by atomic mass is 32.1. The Morgan fingerprint density at radius 2 is 1.90 bits per heavy atom. The Balaban J connectivity index is 2.02. The molecule has 0 atom stereocenters. The Morgan fingerprint density at radius 1 is 1.23 bits per heavy atom. The third kappa shape index (κ3) is 5.22. The molecule has 3 rings (SSSR count). The zero-order valence-corrected chi connectivity index (χ0v) is 18.6. The summed E-state index contributed by atoms with van der Waals surface area (Å²) in [6.07, 6.45) is 2.11. The van der Waals surface area contributed by atoms with E-state index in [9.17, 15) is 24.8 Å². The van der Waals surface area contributed by atoms with Crippen molar-refractivity contribution in [1.82, 2.24) is 0 Å². The number of hydrogen-bond donors (Lipinski definition) is 1. The largest absolute Gasteiger partial charge is 0.512 e. The second kappa shape index (κ2) is 9.47. The molecule has 1 N–H and O–H groups in total. The molecule has 1 saturated carbocycles. The van der Waals surface area contributed by atoms with Crippen molar-refractivity contribution in [3.63, 3.8) is 0 Å². The fraction of sp³-hybridized carbons (Fsp3) is 0.455. The van der Waals surface area contributed by atoms with E-state index in [2.05, 4.69) is 6.92 Å². The number of benzene rings is 1. The third-order valence-corrected chi connectivity index (χ3v) is 6.63. The van der Waals surface area contributed by atoms with Gasteiger partial charge >= 0.3 is 6.16 Å². The lowest BCUT2D eigenvalue weighted by Gasteiger charge is -2.33. The molecule has 0 radical (unpaired) electrons. The number of rotatable bonds is 6. The van der Waals surface area contributed by atoms with E-state index < -0.39 is 11.1 Å². The monoisotopic (exact) mass is 446 g/mol. The van der Waals surface area contributed by atoms with E-state index in [4.69, 9.17) is 4.74 Å². The molecular formula is C22H26N2O6S. The Labute approximate surface area is 184 Å². The van der Waals surface area contributed by atoms with E-state index in [0.717, 1.165) is 37.0 Å². The van der Waals surface area contributed by atoms with Crippen molar-refractivity contribution in [2.45, 2.75) is 52.5 Å². The van der Waals surface area contributed by atoms with Crippen LogP contribution in [0.2, 0.25) is 0 Å². The first-order valence-corrected chi connectivity index (χ1v) is 11.1. The quantitative estimate of drug-likeness (QED) is 0.334. The Bertz CT molecular complexity index is 978. The van der Waals surface area contributed by atoms with Crippen molar-refractivity contribution in [3.8, 4) is 15.5 Å². The second-order valence-electron chi connectivity index (χ2n) is 8.22. The van der Waals surface area contributed by atoms with Crippen molar-refractivity contribution in [2.75, 3.05) is 4.90 Å². The average Bonchev–Trinajstić information content (AvgIpc) is 3.11. The van der Waals surface area contributed by atoms with Crippen LogP contribution in [0.15, 0.2) is 30.3 Å². The molecule has 2 aromatic rings. The fourth-order valence-corrected chi connectivity index (χ4v) is 4.95. The van der Waals surface area contributed by atoms with Crippen LogP contribution in [0, 0.1) is 22.0 Å². The predicted molar refractivity (Wildman–Crippen MR) is 119 cm³/mol. The summed E-state index contributed by atoms with van der Waals surface area (Å²) in [5.74, 6) is 0.446. The van der Waals surface area contributed by atoms with Gasteiger partial charge in [0, 0.05) is 29.0 Å². The highest BCUT2D eigenvalue weighted by molar-refractivity contribution is 7.18. The van der Waals surface area contributed by atoms with Gasteiger partial charge in [-0.05, 0) is 57.1 Å². The molecule has 166 valence electrons. The summed E-state index contributed by atoms with van der Waals surface area (Å²) >= 11 is 1.05. The average molecular weight is 447 g/mol. The maximum atomic E-state index is 13.4. The summed E-state index contributed by atoms with van der Waals surface area (Å²) in [7, 11) is 0. The van der Waals surface area contributed by atoms with Gasteiger partial charge in [-0.3, -0.25) is 14.9 Å². The van der Waals surface area contributed by atoms with Gasteiger partial charge in [0.05, 0.1) is 10.6 Å². The zero-order valence-electron chi connectivity index (χ0n) is 17.7. The van der Waals surface area contributed by atoms with Crippen LogP contribution in [0.1, 0.15) is 46.5 Å². The lowest BCUT2D eigenvalue weighted by molar-refractivity contribution is -0.384. The molecule has 0 unspecified atom stereocenters. The van der Waals surface area contributed by atoms with Gasteiger partial charge in [0.15, 0.2) is 0 Å². The highest BCUT2D eigenvalue weighted by Crippen LogP contribution is 2.45. The number of nitrogens with zero attached hydrogens (tertiary/aromatic N) is 2. The molecule has 1 aromatic carbocycles. The van der Waals surface area contributed by atoms with Gasteiger partial charge in [-0.2, -0.15) is 0 Å². The first-order chi connectivity index (χ1) is 14.7. The number of carboxylic acid groups (broad SMARTS) is 1. The minimum Gasteiger partial charge on any atom is -0.449 e. The maximum absolute atomic E-state index is 13.4. The number of ether oxygens (including phenoxy) is 1. The van der Waals surface area contributed by atoms with Crippen molar-refractivity contribution < 1.29 is 24.4 Å². The van der Waals surface area contributed by atoms with Crippen LogP contribution in [0.5, 0.6) is 5.06 Å². The first-order valence-electron chi connectivity index (χ1n) is 10.3. The van der Waals surface area contributed by atoms with Gasteiger partial charge in [0.25, 0.3) is 5.69 Å². The number of anilines is 1. The van der Waals surface area contributed by atoms with E-state index in [0.29, 0.717) is 22.0 Å². The number of carbonyl (C=O) groups excluding carboxylic acids is 1. The smallest absolute Gasteiger partial charge is 0.449 e. The van der Waals surface area contributed by atoms with Crippen LogP contribution in [0.3, 0.4) is 0 Å². The minimum atomic E-state index is -1.48. The van der Waals surface area contributed by atoms with E-state index in [1.165, 1.54) is 12.1 Å². The summed E-state index contributed by atoms with van der Waals surface area (Å²) in [5, 5.41) is 20.4. The molecule has 0 spiro atoms. The molecule has 1 aliphatic rings. The summed E-state index contributed by atoms with van der Waals surface area (Å²) in [4.78, 5) is 37.6. The third-order valence-electron chi connectivity index (χ3n) is 5.58. The van der Waals surface area contributed by atoms with Gasteiger partial charge in [-0.1, -0.05) is 30.4 Å². The Hall–Kier alpha value is -2.94. The van der Waals surface area contributed by atoms with Gasteiger partial charge in [0.2, 0.25) is 11.0 Å². The standard InChI is InChI=1S/C22H26N2O6S/c1-13(2)23(20(25)15-9-7-14(3)8-10-15)18-12-19(31-21(18)30-22(26)27)16-5-4-6-17(11-16)24(28)29/h4-6,11-15H,7-10H2,1-3H3,(H,26,27). The van der Waals surface area contributed by atoms with E-state index in [1.807, 2.05) is 13.8 Å². The van der Waals surface area contributed by atoms with Crippen LogP contribution in [-0.4, -0.2) is 28.1 Å². The number of hydrogen-bond acceptors (Lipinski definition) is 6. The second-order valence-corrected chi connectivity index (χ2v) is 9.23. The summed E-state index contributed by atoms with van der Waals surface area (Å²) in [5.41, 5.74) is 0.872. The predicted octanol–water partition coefficient (Wildman–Crippen LogP) is 5.95. The Morgan fingerprint density at radius 3 is 2.48 bits per heavy atom. The highest BCUT2D eigenvalue weighted by Gasteiger charge is 2.33. The topological polar surface area (TPSA) is 110 Å². The van der Waals surface area contributed by atoms with Crippen LogP contribution in [-0.2, 0) is 4.79 Å². The summed E-state index contributed by atoms with van der Waals surface area (Å²) < 4.78 is 5.02. The first kappa shape index (κ1) is 22.7. The molecule has 1 amide bonds. The van der Waals surface area contributed by atoms with E-state index in [1.54, 1.807) is 23.1 Å². The van der Waals surface area contributed by atoms with Crippen LogP contribution in [0.4, 0.5) is 16.2 Å². The molecular weight excluding hydrogens is 420 g/mol. The number of nitro groups is 1. The van der Waals surface area contributed by atoms with Crippen LogP contribution < -0.4 is 9.64 Å². The summed E-state index contributed by atoms with van der Waals surface area (Å²) in [6, 6.07) is 7.56. The molecule has 1 fully saturated rings. The zero-order chi connectivity index (χ0) is 22.7. The molecule has 0 bridgehead atoms. The molecule has 0 aliphatic heterocycles. The molecule has 8 nitrogen and oxygen atoms in total. The van der Waals surface area contributed by atoms with Crippen molar-refractivity contribution in [2.24, 2.45) is 11.8 Å². The minimum absolute atomic E-state index is 0.0412. The molecule has 0 saturated heterocycles. The van der Waals surface area contributed by atoms with Gasteiger partial charge in [-0.15, -0.1) is 0 Å². The molecule has 1 aromatic heterocycles. The molecule has 31 heavy (non-hydrogen) atoms. The lowest BCUT2D eigenvalue weighted by Crippen LogP contribution is -2.42. The van der Waals surface area contributed by atoms with Gasteiger partial charge in [0.1, 0.15) is 0 Å². The van der Waals surface area contributed by atoms with Crippen molar-refractivity contribution in [1.29, 1.82) is 0 Å². The lowest BCUT2D eigenvalue weighted by atomic mass is 9.82. The molecule has 1 heterocycles. The van der Waals surface area contributed by atoms with Crippen LogP contribution in [0.25, 0.3) is 10.4 Å². The van der Waals surface area contributed by atoms with E-state index >= 15 is 0 Å². The Kier molecular flexibility index (Phi) is 6.94. The number of thiophene rings is 1. The molecule has 1 aliphatic carbocycles. The van der Waals surface area contributed by atoms with E-state index in [-0.39, 0.29) is 28.6 Å². The number of amides is 1.